The lowest BCUT2D eigenvalue weighted by Crippen LogP contribution is -2.43. The maximum Gasteiger partial charge on any atom is 0.328 e. The van der Waals surface area contributed by atoms with E-state index in [2.05, 4.69) is 0 Å². The zero-order valence-electron chi connectivity index (χ0n) is 9.11. The number of carbonyl (C=O) groups excluding carboxylic acids is 1. The molecule has 0 saturated carbocycles. The van der Waals surface area contributed by atoms with Gasteiger partial charge >= 0.3 is 5.97 Å². The summed E-state index contributed by atoms with van der Waals surface area (Å²) in [6.07, 6.45) is 0. The number of aliphatic carboxylic acids is 1. The summed E-state index contributed by atoms with van der Waals surface area (Å²) >= 11 is 0. The van der Waals surface area contributed by atoms with Gasteiger partial charge in [0.15, 0.2) is 6.04 Å². The van der Waals surface area contributed by atoms with Crippen LogP contribution in [0.4, 0.5) is 4.39 Å². The lowest BCUT2D eigenvalue weighted by Gasteiger charge is -2.12. The van der Waals surface area contributed by atoms with Crippen molar-refractivity contribution in [1.82, 2.24) is 5.32 Å². The van der Waals surface area contributed by atoms with E-state index in [0.29, 0.717) is 0 Å². The fraction of sp³-hybridized carbons (Fsp3) is 0.273. The average molecular weight is 241 g/mol. The molecule has 0 bridgehead atoms. The van der Waals surface area contributed by atoms with Gasteiger partial charge in [-0.25, -0.2) is 9.18 Å². The normalized spacial score (nSPS) is 11.9. The van der Waals surface area contributed by atoms with Crippen molar-refractivity contribution in [3.05, 3.63) is 35.1 Å². The Kier molecular flexibility index (Phi) is 4.17. The number of hydrogen-bond acceptors (Lipinski definition) is 3. The molecule has 3 N–H and O–H groups in total. The second-order valence-electron chi connectivity index (χ2n) is 3.48. The van der Waals surface area contributed by atoms with Crippen LogP contribution in [0, 0.1) is 12.7 Å². The largest absolute Gasteiger partial charge is 0.480 e. The maximum atomic E-state index is 13.5. The number of halogens is 1. The Morgan fingerprint density at radius 2 is 2.12 bits per heavy atom. The van der Waals surface area contributed by atoms with Crippen LogP contribution >= 0.6 is 0 Å². The van der Waals surface area contributed by atoms with Crippen LogP contribution in [0.25, 0.3) is 0 Å². The van der Waals surface area contributed by atoms with E-state index in [1.165, 1.54) is 25.1 Å². The summed E-state index contributed by atoms with van der Waals surface area (Å²) in [4.78, 5) is 22.1. The minimum atomic E-state index is -1.44. The molecule has 17 heavy (non-hydrogen) atoms. The van der Waals surface area contributed by atoms with Crippen molar-refractivity contribution in [1.29, 1.82) is 0 Å². The molecular weight excluding hydrogens is 229 g/mol. The summed E-state index contributed by atoms with van der Waals surface area (Å²) in [5.41, 5.74) is 0.0400. The number of aliphatic hydroxyl groups is 1. The van der Waals surface area contributed by atoms with Crippen molar-refractivity contribution < 1.29 is 24.2 Å². The second-order valence-corrected chi connectivity index (χ2v) is 3.48. The zero-order valence-corrected chi connectivity index (χ0v) is 9.11. The van der Waals surface area contributed by atoms with Gasteiger partial charge in [0.05, 0.1) is 12.2 Å². The molecule has 1 unspecified atom stereocenters. The molecule has 92 valence electrons. The number of aryl methyl sites for hydroxylation is 1. The molecule has 0 heterocycles. The lowest BCUT2D eigenvalue weighted by molar-refractivity contribution is -0.140. The third-order valence-corrected chi connectivity index (χ3v) is 2.22. The number of nitrogens with one attached hydrogen (secondary N) is 1. The third kappa shape index (κ3) is 3.01. The van der Waals surface area contributed by atoms with Gasteiger partial charge in [0.1, 0.15) is 5.82 Å². The highest BCUT2D eigenvalue weighted by Gasteiger charge is 2.21. The molecule has 5 nitrogen and oxygen atoms in total. The Morgan fingerprint density at radius 3 is 2.65 bits per heavy atom. The predicted octanol–water partition coefficient (Wildman–Crippen LogP) is 0.309. The number of hydrogen-bond donors (Lipinski definition) is 3. The van der Waals surface area contributed by atoms with Crippen LogP contribution in [0.1, 0.15) is 15.9 Å². The number of benzene rings is 1. The summed E-state index contributed by atoms with van der Waals surface area (Å²) in [5, 5.41) is 19.4. The zero-order chi connectivity index (χ0) is 13.0. The first-order valence-corrected chi connectivity index (χ1v) is 4.87. The minimum absolute atomic E-state index is 0.246. The highest BCUT2D eigenvalue weighted by atomic mass is 19.1. The van der Waals surface area contributed by atoms with Gasteiger partial charge in [0.2, 0.25) is 0 Å². The molecule has 1 atom stereocenters. The van der Waals surface area contributed by atoms with E-state index in [1.54, 1.807) is 0 Å². The summed E-state index contributed by atoms with van der Waals surface area (Å²) in [7, 11) is 0. The molecule has 0 spiro atoms. The first kappa shape index (κ1) is 13.1. The van der Waals surface area contributed by atoms with Gasteiger partial charge in [-0.2, -0.15) is 0 Å². The number of amides is 1. The van der Waals surface area contributed by atoms with Crippen LogP contribution in [-0.4, -0.2) is 34.7 Å². The van der Waals surface area contributed by atoms with Crippen molar-refractivity contribution in [3.8, 4) is 0 Å². The van der Waals surface area contributed by atoms with Crippen LogP contribution in [0.2, 0.25) is 0 Å². The highest BCUT2D eigenvalue weighted by Crippen LogP contribution is 2.11. The standard InChI is InChI=1S/C11H12FNO4/c1-6-3-2-4-7(9(6)12)10(15)13-8(5-14)11(16)17/h2-4,8,14H,5H2,1H3,(H,13,15)(H,16,17). The van der Waals surface area contributed by atoms with Crippen molar-refractivity contribution in [2.45, 2.75) is 13.0 Å². The van der Waals surface area contributed by atoms with E-state index in [-0.39, 0.29) is 11.1 Å². The molecule has 0 fully saturated rings. The smallest absolute Gasteiger partial charge is 0.328 e. The van der Waals surface area contributed by atoms with Crippen LogP contribution in [0.15, 0.2) is 18.2 Å². The molecule has 0 radical (unpaired) electrons. The molecule has 0 aliphatic heterocycles. The molecule has 1 amide bonds. The predicted molar refractivity (Wildman–Crippen MR) is 57.1 cm³/mol. The maximum absolute atomic E-state index is 13.5. The molecule has 6 heteroatoms. The molecule has 1 aromatic carbocycles. The number of carbonyl (C=O) groups is 2. The Balaban J connectivity index is 2.90. The van der Waals surface area contributed by atoms with Gasteiger partial charge in [-0.3, -0.25) is 4.79 Å². The van der Waals surface area contributed by atoms with Crippen LogP contribution in [-0.2, 0) is 4.79 Å². The average Bonchev–Trinajstić information content (AvgIpc) is 2.28. The number of aliphatic hydroxyl groups excluding tert-OH is 1. The number of rotatable bonds is 4. The fourth-order valence-corrected chi connectivity index (χ4v) is 1.24. The van der Waals surface area contributed by atoms with Gasteiger partial charge in [0, 0.05) is 0 Å². The Labute approximate surface area is 96.9 Å². The Morgan fingerprint density at radius 1 is 1.47 bits per heavy atom. The van der Waals surface area contributed by atoms with Gasteiger partial charge in [-0.15, -0.1) is 0 Å². The lowest BCUT2D eigenvalue weighted by atomic mass is 10.1. The first-order chi connectivity index (χ1) is 7.97. The van der Waals surface area contributed by atoms with E-state index >= 15 is 0 Å². The van der Waals surface area contributed by atoms with E-state index in [0.717, 1.165) is 0 Å². The first-order valence-electron chi connectivity index (χ1n) is 4.87. The third-order valence-electron chi connectivity index (χ3n) is 2.22. The molecular formula is C11H12FNO4. The van der Waals surface area contributed by atoms with Crippen molar-refractivity contribution in [2.24, 2.45) is 0 Å². The van der Waals surface area contributed by atoms with Gasteiger partial charge < -0.3 is 15.5 Å². The molecule has 1 rings (SSSR count). The van der Waals surface area contributed by atoms with Gasteiger partial charge in [-0.1, -0.05) is 12.1 Å². The van der Waals surface area contributed by atoms with E-state index in [1.807, 2.05) is 5.32 Å². The Hall–Kier alpha value is -1.95. The second kappa shape index (κ2) is 5.40. The van der Waals surface area contributed by atoms with Gasteiger partial charge in [0.25, 0.3) is 5.91 Å². The SMILES string of the molecule is Cc1cccc(C(=O)NC(CO)C(=O)O)c1F. The molecule has 0 aliphatic carbocycles. The Bertz CT molecular complexity index is 447. The number of carboxylic acid groups (broad SMARTS) is 1. The highest BCUT2D eigenvalue weighted by molar-refractivity contribution is 5.97. The van der Waals surface area contributed by atoms with Crippen LogP contribution in [0.5, 0.6) is 0 Å². The molecule has 0 aliphatic rings. The summed E-state index contributed by atoms with van der Waals surface area (Å²) in [5.74, 6) is -2.95. The molecule has 1 aromatic rings. The minimum Gasteiger partial charge on any atom is -0.480 e. The number of carboxylic acids is 1. The molecule has 0 aromatic heterocycles. The molecule has 0 saturated heterocycles. The topological polar surface area (TPSA) is 86.6 Å². The quantitative estimate of drug-likeness (QED) is 0.708. The summed E-state index contributed by atoms with van der Waals surface area (Å²) in [6.45, 7) is 0.737. The van der Waals surface area contributed by atoms with Crippen molar-refractivity contribution in [2.75, 3.05) is 6.61 Å². The van der Waals surface area contributed by atoms with Gasteiger partial charge in [-0.05, 0) is 18.6 Å². The van der Waals surface area contributed by atoms with E-state index in [9.17, 15) is 14.0 Å². The fourth-order valence-electron chi connectivity index (χ4n) is 1.24. The van der Waals surface area contributed by atoms with Crippen LogP contribution < -0.4 is 5.32 Å². The summed E-state index contributed by atoms with van der Waals surface area (Å²) in [6, 6.07) is 2.78. The monoisotopic (exact) mass is 241 g/mol. The van der Waals surface area contributed by atoms with E-state index in [4.69, 9.17) is 10.2 Å². The van der Waals surface area contributed by atoms with Crippen molar-refractivity contribution in [3.63, 3.8) is 0 Å². The van der Waals surface area contributed by atoms with Crippen LogP contribution in [0.3, 0.4) is 0 Å². The van der Waals surface area contributed by atoms with E-state index < -0.39 is 30.3 Å². The van der Waals surface area contributed by atoms with Crippen molar-refractivity contribution >= 4 is 11.9 Å². The summed E-state index contributed by atoms with van der Waals surface area (Å²) < 4.78 is 13.5.